The number of aromatic amines is 1. The molecule has 1 heterocycles. The van der Waals surface area contributed by atoms with Gasteiger partial charge in [0.2, 0.25) is 5.56 Å². The number of hydrogen-bond acceptors (Lipinski definition) is 1. The van der Waals surface area contributed by atoms with Crippen LogP contribution in [0, 0.1) is 0 Å². The van der Waals surface area contributed by atoms with Crippen molar-refractivity contribution in [3.8, 4) is 0 Å². The first kappa shape index (κ1) is 12.4. The Bertz CT molecular complexity index is 859. The Morgan fingerprint density at radius 3 is 2.00 bits per heavy atom. The van der Waals surface area contributed by atoms with Gasteiger partial charge in [0.25, 0.3) is 0 Å². The van der Waals surface area contributed by atoms with E-state index in [1.165, 1.54) is 27.6 Å². The van der Waals surface area contributed by atoms with Gasteiger partial charge in [-0.15, -0.1) is 0 Å². The molecule has 0 unspecified atom stereocenters. The van der Waals surface area contributed by atoms with Gasteiger partial charge in [0.05, 0.1) is 5.52 Å². The molecule has 1 aromatic heterocycles. The fraction of sp³-hybridized carbons (Fsp3) is 0.211. The number of hydrogen-bond donors (Lipinski definition) is 1. The van der Waals surface area contributed by atoms with Crippen LogP contribution in [0.3, 0.4) is 0 Å². The van der Waals surface area contributed by atoms with Crippen molar-refractivity contribution in [1.29, 1.82) is 0 Å². The lowest BCUT2D eigenvalue weighted by molar-refractivity contribution is 0.930. The van der Waals surface area contributed by atoms with Gasteiger partial charge in [0.15, 0.2) is 0 Å². The minimum Gasteiger partial charge on any atom is -0.322 e. The van der Waals surface area contributed by atoms with Crippen molar-refractivity contribution in [1.82, 2.24) is 4.98 Å². The summed E-state index contributed by atoms with van der Waals surface area (Å²) in [5.41, 5.74) is 6.29. The van der Waals surface area contributed by atoms with Crippen LogP contribution in [0.15, 0.2) is 53.3 Å². The van der Waals surface area contributed by atoms with Gasteiger partial charge in [-0.3, -0.25) is 4.79 Å². The van der Waals surface area contributed by atoms with Crippen LogP contribution >= 0.6 is 0 Å². The van der Waals surface area contributed by atoms with Crippen LogP contribution in [-0.4, -0.2) is 4.98 Å². The first-order valence-corrected chi connectivity index (χ1v) is 7.51. The smallest absolute Gasteiger partial charge is 0.248 e. The molecule has 0 fully saturated rings. The van der Waals surface area contributed by atoms with Crippen molar-refractivity contribution < 1.29 is 0 Å². The predicted molar refractivity (Wildman–Crippen MR) is 85.8 cm³/mol. The molecule has 104 valence electrons. The zero-order chi connectivity index (χ0) is 14.2. The molecule has 2 aromatic carbocycles. The maximum Gasteiger partial charge on any atom is 0.248 e. The summed E-state index contributed by atoms with van der Waals surface area (Å²) in [6.07, 6.45) is 4.00. The minimum atomic E-state index is -0.0173. The fourth-order valence-corrected chi connectivity index (χ4v) is 3.23. The van der Waals surface area contributed by atoms with E-state index in [1.54, 1.807) is 6.07 Å². The van der Waals surface area contributed by atoms with E-state index in [2.05, 4.69) is 41.4 Å². The van der Waals surface area contributed by atoms with Crippen LogP contribution in [0.5, 0.6) is 0 Å². The molecule has 0 aliphatic heterocycles. The molecule has 4 aliphatic carbocycles. The molecule has 3 aromatic rings. The van der Waals surface area contributed by atoms with Crippen LogP contribution in [0.2, 0.25) is 0 Å². The maximum atomic E-state index is 11.7. The van der Waals surface area contributed by atoms with Crippen molar-refractivity contribution in [3.05, 3.63) is 81.1 Å². The summed E-state index contributed by atoms with van der Waals surface area (Å²) in [6.45, 7) is 0. The molecule has 2 heteroatoms. The second-order valence-electron chi connectivity index (χ2n) is 5.81. The molecule has 4 aliphatic rings. The highest BCUT2D eigenvalue weighted by Crippen LogP contribution is 2.24. The van der Waals surface area contributed by atoms with Crippen LogP contribution < -0.4 is 5.56 Å². The molecule has 0 radical (unpaired) electrons. The number of benzene rings is 2. The van der Waals surface area contributed by atoms with E-state index < -0.39 is 0 Å². The van der Waals surface area contributed by atoms with Gasteiger partial charge in [0, 0.05) is 11.5 Å². The number of H-pyrrole nitrogens is 1. The Morgan fingerprint density at radius 2 is 1.29 bits per heavy atom. The van der Waals surface area contributed by atoms with E-state index in [-0.39, 0.29) is 5.56 Å². The zero-order valence-corrected chi connectivity index (χ0v) is 11.9. The highest BCUT2D eigenvalue weighted by atomic mass is 16.1. The van der Waals surface area contributed by atoms with Gasteiger partial charge in [-0.1, -0.05) is 36.4 Å². The Kier molecular flexibility index (Phi) is 2.88. The van der Waals surface area contributed by atoms with Crippen molar-refractivity contribution >= 4 is 10.9 Å². The molecular weight excluding hydrogens is 258 g/mol. The van der Waals surface area contributed by atoms with Gasteiger partial charge < -0.3 is 4.98 Å². The second-order valence-corrected chi connectivity index (χ2v) is 5.81. The third kappa shape index (κ3) is 2.27. The number of aromatic nitrogens is 1. The van der Waals surface area contributed by atoms with Crippen molar-refractivity contribution in [2.24, 2.45) is 0 Å². The highest BCUT2D eigenvalue weighted by Gasteiger charge is 2.09. The first-order chi connectivity index (χ1) is 10.3. The summed E-state index contributed by atoms with van der Waals surface area (Å²) < 4.78 is 0. The summed E-state index contributed by atoms with van der Waals surface area (Å²) in [5, 5.41) is 1.20. The standard InChI is InChI=1S/C19H17NO/c21-18-12-11-17-15-7-5-13-1-3-14(4-2-13)6-8-16(10-9-15)19(17)20-18/h1-4,9-12H,5-8H2,(H,20,21). The van der Waals surface area contributed by atoms with Gasteiger partial charge >= 0.3 is 0 Å². The lowest BCUT2D eigenvalue weighted by Gasteiger charge is -2.13. The lowest BCUT2D eigenvalue weighted by Crippen LogP contribution is -2.07. The minimum absolute atomic E-state index is 0.0173. The molecule has 0 spiro atoms. The largest absolute Gasteiger partial charge is 0.322 e. The van der Waals surface area contributed by atoms with Crippen LogP contribution in [-0.2, 0) is 25.7 Å². The molecule has 0 atom stereocenters. The Hall–Kier alpha value is -2.35. The van der Waals surface area contributed by atoms with E-state index in [0.717, 1.165) is 31.2 Å². The number of rotatable bonds is 0. The van der Waals surface area contributed by atoms with E-state index in [9.17, 15) is 4.79 Å². The third-order valence-electron chi connectivity index (χ3n) is 4.46. The van der Waals surface area contributed by atoms with E-state index in [4.69, 9.17) is 0 Å². The predicted octanol–water partition coefficient (Wildman–Crippen LogP) is 3.41. The van der Waals surface area contributed by atoms with Crippen molar-refractivity contribution in [3.63, 3.8) is 0 Å². The average Bonchev–Trinajstić information content (AvgIpc) is 2.50. The Balaban J connectivity index is 1.93. The Morgan fingerprint density at radius 1 is 0.667 bits per heavy atom. The van der Waals surface area contributed by atoms with E-state index in [1.807, 2.05) is 6.07 Å². The van der Waals surface area contributed by atoms with Gasteiger partial charge in [-0.05, 0) is 54.0 Å². The van der Waals surface area contributed by atoms with Gasteiger partial charge in [-0.25, -0.2) is 0 Å². The maximum absolute atomic E-state index is 11.7. The molecule has 4 bridgehead atoms. The summed E-state index contributed by atoms with van der Waals surface area (Å²) in [7, 11) is 0. The highest BCUT2D eigenvalue weighted by molar-refractivity contribution is 5.85. The molecule has 2 nitrogen and oxygen atoms in total. The van der Waals surface area contributed by atoms with Crippen LogP contribution in [0.1, 0.15) is 22.3 Å². The van der Waals surface area contributed by atoms with Crippen LogP contribution in [0.4, 0.5) is 0 Å². The van der Waals surface area contributed by atoms with E-state index >= 15 is 0 Å². The summed E-state index contributed by atoms with van der Waals surface area (Å²) in [6, 6.07) is 17.0. The monoisotopic (exact) mass is 275 g/mol. The summed E-state index contributed by atoms with van der Waals surface area (Å²) in [5.74, 6) is 0. The fourth-order valence-electron chi connectivity index (χ4n) is 3.23. The SMILES string of the molecule is O=c1ccc2c3ccc(c2[nH]1)CCc1ccc(cc1)CC3. The number of aryl methyl sites for hydroxylation is 4. The van der Waals surface area contributed by atoms with Crippen molar-refractivity contribution in [2.45, 2.75) is 25.7 Å². The molecule has 0 amide bonds. The molecule has 0 saturated heterocycles. The molecule has 1 N–H and O–H groups in total. The van der Waals surface area contributed by atoms with Gasteiger partial charge in [-0.2, -0.15) is 0 Å². The topological polar surface area (TPSA) is 32.9 Å². The zero-order valence-electron chi connectivity index (χ0n) is 11.9. The summed E-state index contributed by atoms with van der Waals surface area (Å²) in [4.78, 5) is 14.7. The molecule has 0 saturated carbocycles. The summed E-state index contributed by atoms with van der Waals surface area (Å²) >= 11 is 0. The van der Waals surface area contributed by atoms with Gasteiger partial charge in [0.1, 0.15) is 0 Å². The van der Waals surface area contributed by atoms with E-state index in [0.29, 0.717) is 0 Å². The number of pyridine rings is 1. The molecule has 21 heavy (non-hydrogen) atoms. The number of nitrogens with one attached hydrogen (secondary N) is 1. The molecular formula is C19H17NO. The quantitative estimate of drug-likeness (QED) is 0.670. The lowest BCUT2D eigenvalue weighted by atomic mass is 9.93. The van der Waals surface area contributed by atoms with Crippen LogP contribution in [0.25, 0.3) is 10.9 Å². The first-order valence-electron chi connectivity index (χ1n) is 7.51. The van der Waals surface area contributed by atoms with Crippen molar-refractivity contribution in [2.75, 3.05) is 0 Å². The normalized spacial score (nSPS) is 14.1. The Labute approximate surface area is 123 Å². The molecule has 7 rings (SSSR count). The average molecular weight is 275 g/mol. The second kappa shape index (κ2) is 4.88. The third-order valence-corrected chi connectivity index (χ3v) is 4.46.